The van der Waals surface area contributed by atoms with Crippen LogP contribution in [-0.2, 0) is 19.4 Å². The summed E-state index contributed by atoms with van der Waals surface area (Å²) < 4.78 is 30.8. The van der Waals surface area contributed by atoms with E-state index in [1.54, 1.807) is 71.8 Å². The van der Waals surface area contributed by atoms with Crippen LogP contribution in [0.4, 0.5) is 17.2 Å². The molecule has 5 rings (SSSR count). The van der Waals surface area contributed by atoms with E-state index in [1.807, 2.05) is 6.07 Å². The van der Waals surface area contributed by atoms with E-state index in [-0.39, 0.29) is 34.4 Å². The van der Waals surface area contributed by atoms with Crippen molar-refractivity contribution in [2.75, 3.05) is 28.8 Å². The molecule has 0 N–H and O–H groups in total. The second-order valence-electron chi connectivity index (χ2n) is 9.50. The average Bonchev–Trinajstić information content (AvgIpc) is 3.53. The van der Waals surface area contributed by atoms with Gasteiger partial charge in [0.05, 0.1) is 23.3 Å². The zero-order chi connectivity index (χ0) is 26.0. The summed E-state index contributed by atoms with van der Waals surface area (Å²) in [5.41, 5.74) is 1.44. The standard InChI is InChI=1S/C28H29N3O5S/c1-20(32)30(23-10-12-26(13-11-23)37(34,35)19-21-8-9-21)24-6-4-5-22(17-24)28(33)31(25-14-16-36-18-25)27-7-2-3-15-29-27/h2-7,10-13,15,17,21,25H,8-9,14,16,18-19H2,1H3. The van der Waals surface area contributed by atoms with Crippen molar-refractivity contribution in [1.82, 2.24) is 4.98 Å². The van der Waals surface area contributed by atoms with Gasteiger partial charge in [-0.3, -0.25) is 19.4 Å². The van der Waals surface area contributed by atoms with Crippen LogP contribution in [0.5, 0.6) is 0 Å². The van der Waals surface area contributed by atoms with Crippen LogP contribution in [0.15, 0.2) is 77.8 Å². The minimum Gasteiger partial charge on any atom is -0.379 e. The zero-order valence-electron chi connectivity index (χ0n) is 20.6. The number of carbonyl (C=O) groups is 2. The Morgan fingerprint density at radius 1 is 0.973 bits per heavy atom. The van der Waals surface area contributed by atoms with Crippen LogP contribution in [-0.4, -0.2) is 50.2 Å². The molecule has 0 radical (unpaired) electrons. The van der Waals surface area contributed by atoms with Crippen LogP contribution in [0, 0.1) is 5.92 Å². The highest BCUT2D eigenvalue weighted by molar-refractivity contribution is 7.91. The van der Waals surface area contributed by atoms with Gasteiger partial charge in [-0.15, -0.1) is 0 Å². The van der Waals surface area contributed by atoms with Gasteiger partial charge in [-0.25, -0.2) is 13.4 Å². The summed E-state index contributed by atoms with van der Waals surface area (Å²) in [4.78, 5) is 34.2. The number of benzene rings is 2. The average molecular weight is 520 g/mol. The molecule has 2 amide bonds. The molecule has 0 spiro atoms. The topological polar surface area (TPSA) is 96.9 Å². The quantitative estimate of drug-likeness (QED) is 0.438. The van der Waals surface area contributed by atoms with Gasteiger partial charge in [0.2, 0.25) is 5.91 Å². The van der Waals surface area contributed by atoms with Gasteiger partial charge in [0.15, 0.2) is 9.84 Å². The molecule has 192 valence electrons. The first-order valence-corrected chi connectivity index (χ1v) is 14.0. The van der Waals surface area contributed by atoms with Crippen molar-refractivity contribution in [3.05, 3.63) is 78.5 Å². The lowest BCUT2D eigenvalue weighted by Crippen LogP contribution is -2.41. The highest BCUT2D eigenvalue weighted by Gasteiger charge is 2.31. The molecule has 1 aromatic heterocycles. The van der Waals surface area contributed by atoms with Crippen molar-refractivity contribution < 1.29 is 22.7 Å². The summed E-state index contributed by atoms with van der Waals surface area (Å²) in [5, 5.41) is 0. The van der Waals surface area contributed by atoms with E-state index in [9.17, 15) is 18.0 Å². The first-order valence-electron chi connectivity index (χ1n) is 12.4. The van der Waals surface area contributed by atoms with Crippen LogP contribution in [0.2, 0.25) is 0 Å². The van der Waals surface area contributed by atoms with Gasteiger partial charge in [0.1, 0.15) is 5.82 Å². The van der Waals surface area contributed by atoms with Crippen molar-refractivity contribution in [2.24, 2.45) is 5.92 Å². The van der Waals surface area contributed by atoms with E-state index in [2.05, 4.69) is 4.98 Å². The fourth-order valence-electron chi connectivity index (χ4n) is 4.60. The third kappa shape index (κ3) is 5.57. The number of rotatable bonds is 8. The lowest BCUT2D eigenvalue weighted by molar-refractivity contribution is -0.115. The normalized spacial score (nSPS) is 17.4. The van der Waals surface area contributed by atoms with E-state index in [1.165, 1.54) is 11.8 Å². The maximum Gasteiger partial charge on any atom is 0.259 e. The van der Waals surface area contributed by atoms with Gasteiger partial charge < -0.3 is 4.74 Å². The Morgan fingerprint density at radius 3 is 2.38 bits per heavy atom. The molecular weight excluding hydrogens is 490 g/mol. The molecule has 2 heterocycles. The lowest BCUT2D eigenvalue weighted by atomic mass is 10.1. The molecule has 1 unspecified atom stereocenters. The van der Waals surface area contributed by atoms with Crippen LogP contribution in [0.1, 0.15) is 36.5 Å². The number of ether oxygens (including phenoxy) is 1. The van der Waals surface area contributed by atoms with Gasteiger partial charge in [-0.05, 0) is 79.8 Å². The summed E-state index contributed by atoms with van der Waals surface area (Å²) in [6.07, 6.45) is 4.26. The molecule has 1 saturated carbocycles. The SMILES string of the molecule is CC(=O)N(c1ccc(S(=O)(=O)CC2CC2)cc1)c1cccc(C(=O)N(c2ccccn2)C2CCOC2)c1. The molecule has 2 aromatic carbocycles. The molecule has 1 saturated heterocycles. The number of carbonyl (C=O) groups excluding carboxylic acids is 2. The summed E-state index contributed by atoms with van der Waals surface area (Å²) in [5.74, 6) is 0.455. The molecule has 37 heavy (non-hydrogen) atoms. The minimum atomic E-state index is -3.36. The van der Waals surface area contributed by atoms with Crippen LogP contribution in [0.25, 0.3) is 0 Å². The Balaban J connectivity index is 1.44. The fraction of sp³-hybridized carbons (Fsp3) is 0.321. The Bertz CT molecular complexity index is 1380. The van der Waals surface area contributed by atoms with Crippen LogP contribution >= 0.6 is 0 Å². The number of hydrogen-bond donors (Lipinski definition) is 0. The maximum atomic E-state index is 13.7. The molecule has 3 aromatic rings. The van der Waals surface area contributed by atoms with Gasteiger partial charge in [0.25, 0.3) is 5.91 Å². The highest BCUT2D eigenvalue weighted by atomic mass is 32.2. The van der Waals surface area contributed by atoms with Gasteiger partial charge in [-0.2, -0.15) is 0 Å². The van der Waals surface area contributed by atoms with Crippen LogP contribution in [0.3, 0.4) is 0 Å². The maximum absolute atomic E-state index is 13.7. The Kier molecular flexibility index (Phi) is 7.08. The Labute approximate surface area is 216 Å². The van der Waals surface area contributed by atoms with Crippen molar-refractivity contribution >= 4 is 38.8 Å². The summed E-state index contributed by atoms with van der Waals surface area (Å²) in [7, 11) is -3.36. The van der Waals surface area contributed by atoms with Gasteiger partial charge >= 0.3 is 0 Å². The third-order valence-corrected chi connectivity index (χ3v) is 8.56. The first-order chi connectivity index (χ1) is 17.8. The molecule has 1 aliphatic heterocycles. The number of anilines is 3. The number of hydrogen-bond acceptors (Lipinski definition) is 6. The number of aromatic nitrogens is 1. The molecule has 0 bridgehead atoms. The first kappa shape index (κ1) is 25.1. The Hall–Kier alpha value is -3.56. The second kappa shape index (κ2) is 10.4. The van der Waals surface area contributed by atoms with Crippen molar-refractivity contribution in [1.29, 1.82) is 0 Å². The highest BCUT2D eigenvalue weighted by Crippen LogP contribution is 2.33. The second-order valence-corrected chi connectivity index (χ2v) is 11.5. The van der Waals surface area contributed by atoms with Gasteiger partial charge in [0, 0.05) is 36.7 Å². The molecule has 1 aliphatic carbocycles. The molecule has 2 aliphatic rings. The predicted molar refractivity (Wildman–Crippen MR) is 141 cm³/mol. The third-order valence-electron chi connectivity index (χ3n) is 6.66. The van der Waals surface area contributed by atoms with E-state index < -0.39 is 9.84 Å². The van der Waals surface area contributed by atoms with Crippen LogP contribution < -0.4 is 9.80 Å². The van der Waals surface area contributed by atoms with E-state index in [0.717, 1.165) is 12.8 Å². The molecule has 9 heteroatoms. The summed E-state index contributed by atoms with van der Waals surface area (Å²) >= 11 is 0. The molecule has 8 nitrogen and oxygen atoms in total. The summed E-state index contributed by atoms with van der Waals surface area (Å²) in [6, 6.07) is 18.5. The number of sulfone groups is 1. The largest absolute Gasteiger partial charge is 0.379 e. The Morgan fingerprint density at radius 2 is 1.76 bits per heavy atom. The number of amides is 2. The fourth-order valence-corrected chi connectivity index (χ4v) is 6.30. The van der Waals surface area contributed by atoms with E-state index in [4.69, 9.17) is 4.74 Å². The zero-order valence-corrected chi connectivity index (χ0v) is 21.4. The lowest BCUT2D eigenvalue weighted by Gasteiger charge is -2.28. The summed E-state index contributed by atoms with van der Waals surface area (Å²) in [6.45, 7) is 2.44. The van der Waals surface area contributed by atoms with E-state index >= 15 is 0 Å². The van der Waals surface area contributed by atoms with Gasteiger partial charge in [-0.1, -0.05) is 12.1 Å². The molecule has 2 fully saturated rings. The number of pyridine rings is 1. The van der Waals surface area contributed by atoms with E-state index in [0.29, 0.717) is 42.4 Å². The smallest absolute Gasteiger partial charge is 0.259 e. The predicted octanol–water partition coefficient (Wildman–Crippen LogP) is 4.39. The molecular formula is C28H29N3O5S. The monoisotopic (exact) mass is 519 g/mol. The minimum absolute atomic E-state index is 0.139. The van der Waals surface area contributed by atoms with Crippen molar-refractivity contribution in [3.8, 4) is 0 Å². The van der Waals surface area contributed by atoms with Crippen molar-refractivity contribution in [3.63, 3.8) is 0 Å². The molecule has 1 atom stereocenters. The van der Waals surface area contributed by atoms with Crippen molar-refractivity contribution in [2.45, 2.75) is 37.1 Å². The number of nitrogens with zero attached hydrogens (tertiary/aromatic N) is 3.